The molecule has 0 spiro atoms. The minimum Gasteiger partial charge on any atom is -0.497 e. The Morgan fingerprint density at radius 2 is 1.50 bits per heavy atom. The zero-order valence-electron chi connectivity index (χ0n) is 23.5. The summed E-state index contributed by atoms with van der Waals surface area (Å²) in [4.78, 5) is 43.7. The van der Waals surface area contributed by atoms with Crippen molar-refractivity contribution in [1.82, 2.24) is 9.55 Å². The number of thioether (sulfide) groups is 1. The van der Waals surface area contributed by atoms with E-state index in [9.17, 15) is 14.4 Å². The molecule has 0 saturated carbocycles. The second-order valence-electron chi connectivity index (χ2n) is 9.90. The zero-order chi connectivity index (χ0) is 29.6. The summed E-state index contributed by atoms with van der Waals surface area (Å²) in [6.45, 7) is 4.23. The summed E-state index contributed by atoms with van der Waals surface area (Å²) >= 11 is 1.19. The van der Waals surface area contributed by atoms with Gasteiger partial charge < -0.3 is 15.4 Å². The predicted octanol–water partition coefficient (Wildman–Crippen LogP) is 6.50. The molecule has 0 aliphatic carbocycles. The Morgan fingerprint density at radius 1 is 0.857 bits per heavy atom. The minimum absolute atomic E-state index is 0.0363. The third-order valence-corrected chi connectivity index (χ3v) is 7.61. The highest BCUT2D eigenvalue weighted by Gasteiger charge is 2.16. The molecule has 0 bridgehead atoms. The van der Waals surface area contributed by atoms with Crippen molar-refractivity contribution in [2.75, 3.05) is 23.5 Å². The number of para-hydroxylation sites is 1. The molecule has 5 aromatic rings. The molecule has 212 valence electrons. The molecule has 0 aliphatic heterocycles. The van der Waals surface area contributed by atoms with Crippen LogP contribution in [0.25, 0.3) is 16.6 Å². The molecule has 0 saturated heterocycles. The fraction of sp³-hybridized carbons (Fsp3) is 0.152. The minimum atomic E-state index is -0.268. The van der Waals surface area contributed by atoms with Crippen molar-refractivity contribution < 1.29 is 14.3 Å². The Kier molecular flexibility index (Phi) is 8.68. The number of amides is 2. The summed E-state index contributed by atoms with van der Waals surface area (Å²) in [6, 6.07) is 28.7. The van der Waals surface area contributed by atoms with E-state index in [1.165, 1.54) is 17.3 Å². The highest BCUT2D eigenvalue weighted by Crippen LogP contribution is 2.24. The largest absolute Gasteiger partial charge is 0.497 e. The molecule has 8 nitrogen and oxygen atoms in total. The first-order valence-electron chi connectivity index (χ1n) is 13.4. The monoisotopic (exact) mass is 578 g/mol. The fourth-order valence-corrected chi connectivity index (χ4v) is 5.17. The number of anilines is 2. The molecule has 0 fully saturated rings. The van der Waals surface area contributed by atoms with E-state index in [2.05, 4.69) is 24.5 Å². The lowest BCUT2D eigenvalue weighted by Gasteiger charge is -2.14. The third-order valence-electron chi connectivity index (χ3n) is 6.67. The molecule has 0 aliphatic rings. The molecule has 2 amide bonds. The van der Waals surface area contributed by atoms with Crippen molar-refractivity contribution in [3.63, 3.8) is 0 Å². The van der Waals surface area contributed by atoms with Gasteiger partial charge in [-0.2, -0.15) is 0 Å². The number of ether oxygens (including phenoxy) is 1. The van der Waals surface area contributed by atoms with E-state index in [0.717, 1.165) is 0 Å². The van der Waals surface area contributed by atoms with Crippen LogP contribution >= 0.6 is 11.8 Å². The molecule has 4 aromatic carbocycles. The van der Waals surface area contributed by atoms with Gasteiger partial charge in [0, 0.05) is 16.9 Å². The van der Waals surface area contributed by atoms with E-state index in [-0.39, 0.29) is 23.1 Å². The van der Waals surface area contributed by atoms with E-state index < -0.39 is 0 Å². The van der Waals surface area contributed by atoms with Crippen molar-refractivity contribution in [3.05, 3.63) is 119 Å². The van der Waals surface area contributed by atoms with Gasteiger partial charge in [-0.1, -0.05) is 49.9 Å². The van der Waals surface area contributed by atoms with E-state index in [0.29, 0.717) is 50.4 Å². The first kappa shape index (κ1) is 28.6. The summed E-state index contributed by atoms with van der Waals surface area (Å²) in [6.07, 6.45) is 0. The first-order chi connectivity index (χ1) is 20.3. The number of aromatic nitrogens is 2. The van der Waals surface area contributed by atoms with Crippen LogP contribution in [0.5, 0.6) is 5.75 Å². The molecule has 42 heavy (non-hydrogen) atoms. The lowest BCUT2D eigenvalue weighted by Crippen LogP contribution is -2.23. The summed E-state index contributed by atoms with van der Waals surface area (Å²) < 4.78 is 6.69. The third kappa shape index (κ3) is 6.53. The number of carbonyl (C=O) groups excluding carboxylic acids is 2. The molecule has 0 atom stereocenters. The number of carbonyl (C=O) groups is 2. The van der Waals surface area contributed by atoms with Gasteiger partial charge in [0.2, 0.25) is 5.91 Å². The van der Waals surface area contributed by atoms with E-state index in [1.54, 1.807) is 72.3 Å². The van der Waals surface area contributed by atoms with Crippen molar-refractivity contribution >= 4 is 45.9 Å². The SMILES string of the molecule is COc1ccc(NC(=O)c2ccc(NC(=O)CSc3nc4ccccc4c(=O)n3-c3ccc(C(C)C)cc3)cc2)cc1. The number of hydrogen-bond donors (Lipinski definition) is 2. The number of rotatable bonds is 9. The Labute approximate surface area is 247 Å². The second-order valence-corrected chi connectivity index (χ2v) is 10.8. The topological polar surface area (TPSA) is 102 Å². The van der Waals surface area contributed by atoms with Gasteiger partial charge in [0.1, 0.15) is 5.75 Å². The van der Waals surface area contributed by atoms with Crippen LogP contribution in [0.15, 0.2) is 107 Å². The Balaban J connectivity index is 1.28. The number of nitrogens with one attached hydrogen (secondary N) is 2. The second kappa shape index (κ2) is 12.7. The predicted molar refractivity (Wildman–Crippen MR) is 168 cm³/mol. The van der Waals surface area contributed by atoms with E-state index in [1.807, 2.05) is 36.4 Å². The van der Waals surface area contributed by atoms with E-state index >= 15 is 0 Å². The van der Waals surface area contributed by atoms with Crippen LogP contribution in [0, 0.1) is 0 Å². The first-order valence-corrected chi connectivity index (χ1v) is 14.4. The summed E-state index contributed by atoms with van der Waals surface area (Å²) in [5, 5.41) is 6.62. The maximum Gasteiger partial charge on any atom is 0.266 e. The smallest absolute Gasteiger partial charge is 0.266 e. The number of nitrogens with zero attached hydrogens (tertiary/aromatic N) is 2. The fourth-order valence-electron chi connectivity index (χ4n) is 4.35. The molecule has 1 aromatic heterocycles. The van der Waals surface area contributed by atoms with Gasteiger partial charge in [-0.3, -0.25) is 19.0 Å². The van der Waals surface area contributed by atoms with Gasteiger partial charge in [-0.15, -0.1) is 0 Å². The molecule has 2 N–H and O–H groups in total. The number of benzene rings is 4. The molecule has 0 radical (unpaired) electrons. The van der Waals surface area contributed by atoms with Gasteiger partial charge in [-0.05, 0) is 84.3 Å². The lowest BCUT2D eigenvalue weighted by molar-refractivity contribution is -0.113. The molecule has 1 heterocycles. The van der Waals surface area contributed by atoms with Crippen molar-refractivity contribution in [3.8, 4) is 11.4 Å². The normalized spacial score (nSPS) is 11.0. The maximum atomic E-state index is 13.5. The van der Waals surface area contributed by atoms with E-state index in [4.69, 9.17) is 9.72 Å². The average Bonchev–Trinajstić information content (AvgIpc) is 3.01. The van der Waals surface area contributed by atoms with Gasteiger partial charge in [0.05, 0.1) is 29.5 Å². The molecule has 0 unspecified atom stereocenters. The molecular formula is C33H30N4O4S. The average molecular weight is 579 g/mol. The van der Waals surface area contributed by atoms with Crippen LogP contribution in [-0.4, -0.2) is 34.2 Å². The van der Waals surface area contributed by atoms with Crippen LogP contribution in [0.4, 0.5) is 11.4 Å². The van der Waals surface area contributed by atoms with Crippen LogP contribution in [-0.2, 0) is 4.79 Å². The van der Waals surface area contributed by atoms with Gasteiger partial charge in [0.15, 0.2) is 5.16 Å². The molecule has 5 rings (SSSR count). The Morgan fingerprint density at radius 3 is 2.17 bits per heavy atom. The number of methoxy groups -OCH3 is 1. The molecular weight excluding hydrogens is 548 g/mol. The highest BCUT2D eigenvalue weighted by molar-refractivity contribution is 7.99. The lowest BCUT2D eigenvalue weighted by atomic mass is 10.0. The summed E-state index contributed by atoms with van der Waals surface area (Å²) in [5.74, 6) is 0.565. The zero-order valence-corrected chi connectivity index (χ0v) is 24.3. The maximum absolute atomic E-state index is 13.5. The van der Waals surface area contributed by atoms with Crippen LogP contribution < -0.4 is 20.9 Å². The Bertz CT molecular complexity index is 1780. The van der Waals surface area contributed by atoms with Crippen molar-refractivity contribution in [2.45, 2.75) is 24.9 Å². The van der Waals surface area contributed by atoms with Crippen molar-refractivity contribution in [1.29, 1.82) is 0 Å². The van der Waals surface area contributed by atoms with Crippen LogP contribution in [0.2, 0.25) is 0 Å². The van der Waals surface area contributed by atoms with Gasteiger partial charge in [-0.25, -0.2) is 4.98 Å². The highest BCUT2D eigenvalue weighted by atomic mass is 32.2. The summed E-state index contributed by atoms with van der Waals surface area (Å²) in [5.41, 5.74) is 3.88. The van der Waals surface area contributed by atoms with Crippen molar-refractivity contribution in [2.24, 2.45) is 0 Å². The van der Waals surface area contributed by atoms with Crippen LogP contribution in [0.3, 0.4) is 0 Å². The number of fused-ring (bicyclic) bond motifs is 1. The summed E-state index contributed by atoms with van der Waals surface area (Å²) in [7, 11) is 1.58. The van der Waals surface area contributed by atoms with Gasteiger partial charge >= 0.3 is 0 Å². The van der Waals surface area contributed by atoms with Gasteiger partial charge in [0.25, 0.3) is 11.5 Å². The Hall–Kier alpha value is -4.89. The van der Waals surface area contributed by atoms with Crippen LogP contribution in [0.1, 0.15) is 35.7 Å². The quantitative estimate of drug-likeness (QED) is 0.153. The standard InChI is InChI=1S/C33H30N4O4S/c1-21(2)22-10-16-26(17-11-22)37-32(40)28-6-4-5-7-29(28)36-33(37)42-20-30(38)34-24-12-8-23(9-13-24)31(39)35-25-14-18-27(41-3)19-15-25/h4-19,21H,20H2,1-3H3,(H,34,38)(H,35,39). The number of hydrogen-bond acceptors (Lipinski definition) is 6. The molecule has 9 heteroatoms.